The van der Waals surface area contributed by atoms with Gasteiger partial charge in [0.2, 0.25) is 0 Å². The molecule has 0 spiro atoms. The first-order valence-electron chi connectivity index (χ1n) is 17.0. The quantitative estimate of drug-likeness (QED) is 0.116. The number of carbonyl (C=O) groups is 2. The number of aromatic nitrogens is 2. The van der Waals surface area contributed by atoms with E-state index >= 15 is 0 Å². The number of nitro benzene ring substituents is 1. The second kappa shape index (κ2) is 16.6. The average Bonchev–Trinajstić information content (AvgIpc) is 3.12. The van der Waals surface area contributed by atoms with Crippen LogP contribution in [0, 0.1) is 10.1 Å². The van der Waals surface area contributed by atoms with Crippen molar-refractivity contribution in [3.05, 3.63) is 78.7 Å². The number of nitrogens with zero attached hydrogens (tertiary/aromatic N) is 6. The maximum atomic E-state index is 14.5. The van der Waals surface area contributed by atoms with Crippen LogP contribution in [-0.2, 0) is 16.0 Å². The number of ether oxygens (including phenoxy) is 4. The fraction of sp³-hybridized carbons (Fsp3) is 0.405. The first kappa shape index (κ1) is 40.2. The van der Waals surface area contributed by atoms with Gasteiger partial charge in [0.1, 0.15) is 28.6 Å². The number of hydrogen-bond acceptors (Lipinski definition) is 11. The molecule has 1 fully saturated rings. The summed E-state index contributed by atoms with van der Waals surface area (Å²) >= 11 is 13.5. The lowest BCUT2D eigenvalue weighted by molar-refractivity contribution is -0.384. The SMILES string of the molecule is COc1cc(OC)c(Cl)c(-c2cc3cnc(N(C(=O)OC(C)(C)C)c4ccc(C(=O)N5CCOCC5)cc4[N+](=O)[O-])cc3n(CCCN(C)C)c2=O)c1Cl. The summed E-state index contributed by atoms with van der Waals surface area (Å²) in [6.07, 6.45) is 1.02. The number of hydrogen-bond donors (Lipinski definition) is 0. The van der Waals surface area contributed by atoms with Gasteiger partial charge in [-0.3, -0.25) is 19.7 Å². The summed E-state index contributed by atoms with van der Waals surface area (Å²) in [4.78, 5) is 62.8. The maximum absolute atomic E-state index is 14.5. The van der Waals surface area contributed by atoms with E-state index in [0.29, 0.717) is 50.2 Å². The molecule has 15 nitrogen and oxygen atoms in total. The number of amides is 2. The molecule has 2 amide bonds. The number of rotatable bonds is 11. The highest BCUT2D eigenvalue weighted by atomic mass is 35.5. The lowest BCUT2D eigenvalue weighted by Gasteiger charge is -2.28. The number of pyridine rings is 2. The van der Waals surface area contributed by atoms with Crippen LogP contribution in [0.1, 0.15) is 37.6 Å². The van der Waals surface area contributed by atoms with Gasteiger partial charge in [-0.1, -0.05) is 23.2 Å². The van der Waals surface area contributed by atoms with Gasteiger partial charge in [0.05, 0.1) is 53.5 Å². The van der Waals surface area contributed by atoms with Gasteiger partial charge in [-0.15, -0.1) is 0 Å². The summed E-state index contributed by atoms with van der Waals surface area (Å²) in [6.45, 7) is 7.20. The Morgan fingerprint density at radius 2 is 1.67 bits per heavy atom. The Hall–Kier alpha value is -4.96. The van der Waals surface area contributed by atoms with Crippen molar-refractivity contribution in [1.29, 1.82) is 0 Å². The van der Waals surface area contributed by atoms with E-state index < -0.39 is 33.8 Å². The van der Waals surface area contributed by atoms with Crippen LogP contribution in [0.25, 0.3) is 22.0 Å². The van der Waals surface area contributed by atoms with Crippen LogP contribution in [0.4, 0.5) is 22.0 Å². The molecule has 1 saturated heterocycles. The molecule has 4 aromatic rings. The van der Waals surface area contributed by atoms with Crippen LogP contribution < -0.4 is 19.9 Å². The molecule has 0 unspecified atom stereocenters. The van der Waals surface area contributed by atoms with E-state index in [1.165, 1.54) is 49.2 Å². The third-order valence-corrected chi connectivity index (χ3v) is 9.31. The van der Waals surface area contributed by atoms with E-state index in [1.54, 1.807) is 31.7 Å². The highest BCUT2D eigenvalue weighted by molar-refractivity contribution is 6.41. The predicted molar refractivity (Wildman–Crippen MR) is 206 cm³/mol. The fourth-order valence-electron chi connectivity index (χ4n) is 6.02. The minimum absolute atomic E-state index is 0.0664. The Morgan fingerprint density at radius 1 is 1.02 bits per heavy atom. The van der Waals surface area contributed by atoms with Crippen LogP contribution in [-0.4, -0.2) is 103 Å². The molecule has 0 aliphatic carbocycles. The number of fused-ring (bicyclic) bond motifs is 1. The first-order valence-corrected chi connectivity index (χ1v) is 17.8. The molecule has 1 aliphatic heterocycles. The molecule has 0 N–H and O–H groups in total. The topological polar surface area (TPSA) is 159 Å². The van der Waals surface area contributed by atoms with E-state index in [0.717, 1.165) is 11.0 Å². The number of morpholine rings is 1. The molecule has 288 valence electrons. The summed E-state index contributed by atoms with van der Waals surface area (Å²) in [6, 6.07) is 8.45. The lowest BCUT2D eigenvalue weighted by Crippen LogP contribution is -2.40. The molecular weight excluding hydrogens is 743 g/mol. The summed E-state index contributed by atoms with van der Waals surface area (Å²) in [7, 11) is 6.68. The molecule has 2 aromatic carbocycles. The number of benzene rings is 2. The second-order valence-corrected chi connectivity index (χ2v) is 14.5. The van der Waals surface area contributed by atoms with Crippen LogP contribution >= 0.6 is 23.2 Å². The number of anilines is 2. The molecule has 3 heterocycles. The third-order valence-electron chi connectivity index (χ3n) is 8.56. The molecule has 5 rings (SSSR count). The standard InChI is InChI=1S/C37H42Cl2N6O9/c1-37(2,3)54-36(48)44(25-10-9-22(18-27(25)45(49)50)34(46)42-13-15-53-16-14-42)30-19-26-23(21-40-30)17-24(35(47)43(26)12-8-11-41(4)5)31-32(38)28(51-6)20-29(52-7)33(31)39/h9-10,17-21H,8,11-16H2,1-7H3. The van der Waals surface area contributed by atoms with Crippen molar-refractivity contribution in [3.63, 3.8) is 0 Å². The van der Waals surface area contributed by atoms with Crippen molar-refractivity contribution >= 4 is 63.3 Å². The molecule has 17 heteroatoms. The summed E-state index contributed by atoms with van der Waals surface area (Å²) in [5.74, 6) is 0.00588. The van der Waals surface area contributed by atoms with Crippen LogP contribution in [0.15, 0.2) is 47.4 Å². The number of carbonyl (C=O) groups excluding carboxylic acids is 2. The predicted octanol–water partition coefficient (Wildman–Crippen LogP) is 6.79. The van der Waals surface area contributed by atoms with Gasteiger partial charge in [0.25, 0.3) is 17.2 Å². The zero-order valence-electron chi connectivity index (χ0n) is 31.1. The number of halogens is 2. The minimum Gasteiger partial charge on any atom is -0.495 e. The van der Waals surface area contributed by atoms with E-state index in [9.17, 15) is 24.5 Å². The summed E-state index contributed by atoms with van der Waals surface area (Å²) in [5, 5.41) is 13.3. The summed E-state index contributed by atoms with van der Waals surface area (Å²) in [5.41, 5.74) is -1.41. The number of aryl methyl sites for hydroxylation is 1. The van der Waals surface area contributed by atoms with Crippen molar-refractivity contribution in [2.24, 2.45) is 0 Å². The fourth-order valence-corrected chi connectivity index (χ4v) is 6.72. The van der Waals surface area contributed by atoms with Gasteiger partial charge < -0.3 is 33.3 Å². The van der Waals surface area contributed by atoms with Crippen molar-refractivity contribution < 1.29 is 33.5 Å². The highest BCUT2D eigenvalue weighted by Crippen LogP contribution is 2.46. The van der Waals surface area contributed by atoms with E-state index in [2.05, 4.69) is 4.98 Å². The van der Waals surface area contributed by atoms with Gasteiger partial charge in [-0.05, 0) is 66.0 Å². The zero-order chi connectivity index (χ0) is 39.5. The van der Waals surface area contributed by atoms with E-state index in [1.807, 2.05) is 19.0 Å². The smallest absolute Gasteiger partial charge is 0.420 e. The van der Waals surface area contributed by atoms with Gasteiger partial charge >= 0.3 is 6.09 Å². The Kier molecular flexibility index (Phi) is 12.4. The molecule has 54 heavy (non-hydrogen) atoms. The second-order valence-electron chi connectivity index (χ2n) is 13.7. The Morgan fingerprint density at radius 3 is 2.24 bits per heavy atom. The monoisotopic (exact) mass is 784 g/mol. The summed E-state index contributed by atoms with van der Waals surface area (Å²) < 4.78 is 23.5. The molecular formula is C37H42Cl2N6O9. The Bertz CT molecular complexity index is 2120. The maximum Gasteiger partial charge on any atom is 0.420 e. The molecule has 0 atom stereocenters. The van der Waals surface area contributed by atoms with Gasteiger partial charge in [-0.25, -0.2) is 14.7 Å². The first-order chi connectivity index (χ1) is 25.6. The molecule has 1 aliphatic rings. The Balaban J connectivity index is 1.74. The van der Waals surface area contributed by atoms with E-state index in [4.69, 9.17) is 42.1 Å². The van der Waals surface area contributed by atoms with Crippen LogP contribution in [0.5, 0.6) is 11.5 Å². The molecule has 0 saturated carbocycles. The van der Waals surface area contributed by atoms with E-state index in [-0.39, 0.29) is 56.3 Å². The lowest BCUT2D eigenvalue weighted by atomic mass is 10.0. The van der Waals surface area contributed by atoms with Gasteiger partial charge in [0.15, 0.2) is 0 Å². The van der Waals surface area contributed by atoms with Crippen molar-refractivity contribution in [1.82, 2.24) is 19.4 Å². The van der Waals surface area contributed by atoms with Crippen molar-refractivity contribution in [2.45, 2.75) is 39.3 Å². The number of nitro groups is 1. The van der Waals surface area contributed by atoms with Gasteiger partial charge in [-0.2, -0.15) is 0 Å². The normalized spacial score (nSPS) is 13.3. The van der Waals surface area contributed by atoms with Crippen LogP contribution in [0.2, 0.25) is 10.0 Å². The Labute approximate surface area is 322 Å². The third kappa shape index (κ3) is 8.54. The highest BCUT2D eigenvalue weighted by Gasteiger charge is 2.33. The molecule has 0 bridgehead atoms. The molecule has 0 radical (unpaired) electrons. The molecule has 2 aromatic heterocycles. The van der Waals surface area contributed by atoms with Crippen molar-refractivity contribution in [3.8, 4) is 22.6 Å². The van der Waals surface area contributed by atoms with Crippen molar-refractivity contribution in [2.75, 3.05) is 66.1 Å². The number of methoxy groups -OCH3 is 2. The minimum atomic E-state index is -1.01. The van der Waals surface area contributed by atoms with Gasteiger partial charge in [0, 0.05) is 60.5 Å². The average molecular weight is 786 g/mol. The zero-order valence-corrected chi connectivity index (χ0v) is 32.6. The largest absolute Gasteiger partial charge is 0.495 e. The van der Waals surface area contributed by atoms with Crippen LogP contribution in [0.3, 0.4) is 0 Å².